The van der Waals surface area contributed by atoms with E-state index in [2.05, 4.69) is 10.3 Å². The third-order valence-corrected chi connectivity index (χ3v) is 2.76. The van der Waals surface area contributed by atoms with Gasteiger partial charge in [0.2, 0.25) is 6.41 Å². The molecule has 0 atom stereocenters. The molecule has 0 bridgehead atoms. The molecule has 0 unspecified atom stereocenters. The molecular weight excluding hydrogens is 247 g/mol. The average molecular weight is 260 g/mol. The van der Waals surface area contributed by atoms with Gasteiger partial charge in [-0.2, -0.15) is 0 Å². The summed E-state index contributed by atoms with van der Waals surface area (Å²) in [7, 11) is 0. The van der Waals surface area contributed by atoms with Crippen molar-refractivity contribution in [2.75, 3.05) is 11.5 Å². The van der Waals surface area contributed by atoms with E-state index in [-0.39, 0.29) is 12.4 Å². The molecule has 0 aliphatic rings. The normalized spacial score (nSPS) is 10.2. The van der Waals surface area contributed by atoms with Crippen LogP contribution >= 0.6 is 0 Å². The second-order valence-corrected chi connectivity index (χ2v) is 3.96. The number of anilines is 2. The Morgan fingerprint density at radius 1 is 1.32 bits per heavy atom. The minimum Gasteiger partial charge on any atom is -0.395 e. The van der Waals surface area contributed by atoms with Crippen molar-refractivity contribution >= 4 is 17.9 Å². The van der Waals surface area contributed by atoms with Crippen LogP contribution < -0.4 is 16.8 Å². The van der Waals surface area contributed by atoms with E-state index in [0.29, 0.717) is 28.8 Å². The Hall–Kier alpha value is -2.63. The fourth-order valence-corrected chi connectivity index (χ4v) is 1.75. The largest absolute Gasteiger partial charge is 0.395 e. The van der Waals surface area contributed by atoms with Crippen LogP contribution in [0.1, 0.15) is 5.56 Å². The molecule has 0 spiro atoms. The molecular formula is C13H13FN4O. The molecule has 0 aliphatic heterocycles. The molecule has 98 valence electrons. The summed E-state index contributed by atoms with van der Waals surface area (Å²) >= 11 is 0. The fraction of sp³-hybridized carbons (Fsp3) is 0.0769. The van der Waals surface area contributed by atoms with E-state index in [1.807, 2.05) is 0 Å². The van der Waals surface area contributed by atoms with E-state index < -0.39 is 5.82 Å². The fourth-order valence-electron chi connectivity index (χ4n) is 1.75. The van der Waals surface area contributed by atoms with E-state index in [1.165, 1.54) is 12.3 Å². The number of nitrogens with one attached hydrogen (secondary N) is 1. The number of hydrogen-bond acceptors (Lipinski definition) is 4. The van der Waals surface area contributed by atoms with Gasteiger partial charge in [0.15, 0.2) is 0 Å². The van der Waals surface area contributed by atoms with Crippen LogP contribution in [0.15, 0.2) is 30.5 Å². The van der Waals surface area contributed by atoms with Crippen LogP contribution in [0, 0.1) is 5.82 Å². The molecule has 5 N–H and O–H groups in total. The molecule has 0 saturated heterocycles. The number of pyridine rings is 1. The molecule has 0 aliphatic carbocycles. The topological polar surface area (TPSA) is 94.0 Å². The maximum atomic E-state index is 13.8. The monoisotopic (exact) mass is 260 g/mol. The molecule has 5 nitrogen and oxygen atoms in total. The molecule has 0 radical (unpaired) electrons. The Morgan fingerprint density at radius 3 is 2.79 bits per heavy atom. The van der Waals surface area contributed by atoms with E-state index >= 15 is 0 Å². The first-order valence-electron chi connectivity index (χ1n) is 5.59. The Kier molecular flexibility index (Phi) is 3.61. The summed E-state index contributed by atoms with van der Waals surface area (Å²) in [6.07, 6.45) is 2.04. The van der Waals surface area contributed by atoms with Crippen LogP contribution in [0.5, 0.6) is 0 Å². The van der Waals surface area contributed by atoms with Crippen molar-refractivity contribution in [1.29, 1.82) is 0 Å². The van der Waals surface area contributed by atoms with E-state index in [1.54, 1.807) is 18.2 Å². The summed E-state index contributed by atoms with van der Waals surface area (Å²) < 4.78 is 13.8. The Balaban J connectivity index is 2.39. The van der Waals surface area contributed by atoms with Gasteiger partial charge in [-0.25, -0.2) is 9.37 Å². The second-order valence-electron chi connectivity index (χ2n) is 3.96. The molecule has 0 saturated carbocycles. The Bertz CT molecular complexity index is 616. The van der Waals surface area contributed by atoms with Gasteiger partial charge in [0, 0.05) is 23.9 Å². The van der Waals surface area contributed by atoms with Gasteiger partial charge in [-0.05, 0) is 17.7 Å². The number of hydrogen-bond donors (Lipinski definition) is 3. The van der Waals surface area contributed by atoms with Crippen molar-refractivity contribution in [2.45, 2.75) is 6.54 Å². The summed E-state index contributed by atoms with van der Waals surface area (Å²) in [5.74, 6) is -0.203. The van der Waals surface area contributed by atoms with Crippen molar-refractivity contribution < 1.29 is 9.18 Å². The van der Waals surface area contributed by atoms with Crippen LogP contribution in [0.2, 0.25) is 0 Å². The van der Waals surface area contributed by atoms with Crippen molar-refractivity contribution in [1.82, 2.24) is 10.3 Å². The predicted octanol–water partition coefficient (Wildman–Crippen LogP) is 1.30. The number of aromatic nitrogens is 1. The maximum Gasteiger partial charge on any atom is 0.207 e. The molecule has 6 heteroatoms. The van der Waals surface area contributed by atoms with Gasteiger partial charge in [-0.15, -0.1) is 0 Å². The van der Waals surface area contributed by atoms with Crippen LogP contribution in [0.3, 0.4) is 0 Å². The first-order chi connectivity index (χ1) is 9.13. The molecule has 1 aromatic carbocycles. The number of carbonyl (C=O) groups is 1. The molecule has 1 aromatic heterocycles. The number of nitrogens with zero attached hydrogens (tertiary/aromatic N) is 1. The number of nitrogen functional groups attached to an aromatic ring is 2. The summed E-state index contributed by atoms with van der Waals surface area (Å²) in [5, 5.41) is 2.41. The van der Waals surface area contributed by atoms with Gasteiger partial charge < -0.3 is 16.8 Å². The van der Waals surface area contributed by atoms with Crippen molar-refractivity contribution in [3.63, 3.8) is 0 Å². The summed E-state index contributed by atoms with van der Waals surface area (Å²) in [5.41, 5.74) is 13.4. The maximum absolute atomic E-state index is 13.8. The number of carbonyl (C=O) groups excluding carboxylic acids is 1. The standard InChI is InChI=1S/C13H13FN4O/c14-11-5-8(1-2-9(11)6-17-7-19)10-3-4-18-13(16)12(10)15/h1-5,7H,6,15H2,(H2,16,18)(H,17,19). The third kappa shape index (κ3) is 2.62. The number of amides is 1. The SMILES string of the molecule is Nc1nccc(-c2ccc(CNC=O)c(F)c2)c1N. The van der Waals surface area contributed by atoms with Crippen LogP contribution in [0.4, 0.5) is 15.9 Å². The first-order valence-corrected chi connectivity index (χ1v) is 5.59. The molecule has 2 aromatic rings. The van der Waals surface area contributed by atoms with Gasteiger partial charge in [0.05, 0.1) is 5.69 Å². The highest BCUT2D eigenvalue weighted by atomic mass is 19.1. The number of benzene rings is 1. The number of rotatable bonds is 4. The highest BCUT2D eigenvalue weighted by Gasteiger charge is 2.09. The van der Waals surface area contributed by atoms with Crippen molar-refractivity contribution in [3.05, 3.63) is 41.8 Å². The Morgan fingerprint density at radius 2 is 2.11 bits per heavy atom. The summed E-state index contributed by atoms with van der Waals surface area (Å²) in [4.78, 5) is 14.0. The van der Waals surface area contributed by atoms with Crippen LogP contribution in [0.25, 0.3) is 11.1 Å². The second kappa shape index (κ2) is 5.34. The smallest absolute Gasteiger partial charge is 0.207 e. The molecule has 2 rings (SSSR count). The lowest BCUT2D eigenvalue weighted by Crippen LogP contribution is -2.11. The minimum absolute atomic E-state index is 0.142. The molecule has 1 amide bonds. The van der Waals surface area contributed by atoms with Crippen LogP contribution in [-0.4, -0.2) is 11.4 Å². The highest BCUT2D eigenvalue weighted by Crippen LogP contribution is 2.29. The lowest BCUT2D eigenvalue weighted by molar-refractivity contribution is -0.109. The van der Waals surface area contributed by atoms with Gasteiger partial charge in [-0.3, -0.25) is 4.79 Å². The molecule has 1 heterocycles. The first kappa shape index (κ1) is 12.8. The highest BCUT2D eigenvalue weighted by molar-refractivity contribution is 5.82. The van der Waals surface area contributed by atoms with Crippen molar-refractivity contribution in [2.24, 2.45) is 0 Å². The quantitative estimate of drug-likeness (QED) is 0.722. The third-order valence-electron chi connectivity index (χ3n) is 2.76. The molecule has 19 heavy (non-hydrogen) atoms. The predicted molar refractivity (Wildman–Crippen MR) is 71.4 cm³/mol. The lowest BCUT2D eigenvalue weighted by Gasteiger charge is -2.09. The summed E-state index contributed by atoms with van der Waals surface area (Å²) in [6.45, 7) is 0.142. The van der Waals surface area contributed by atoms with Gasteiger partial charge in [0.1, 0.15) is 11.6 Å². The van der Waals surface area contributed by atoms with Gasteiger partial charge in [-0.1, -0.05) is 12.1 Å². The van der Waals surface area contributed by atoms with Crippen molar-refractivity contribution in [3.8, 4) is 11.1 Å². The lowest BCUT2D eigenvalue weighted by atomic mass is 10.0. The zero-order chi connectivity index (χ0) is 13.8. The molecule has 0 fully saturated rings. The van der Waals surface area contributed by atoms with Gasteiger partial charge in [0.25, 0.3) is 0 Å². The number of nitrogens with two attached hydrogens (primary N) is 2. The average Bonchev–Trinajstić information content (AvgIpc) is 2.40. The van der Waals surface area contributed by atoms with Crippen LogP contribution in [-0.2, 0) is 11.3 Å². The summed E-state index contributed by atoms with van der Waals surface area (Å²) in [6, 6.07) is 6.34. The van der Waals surface area contributed by atoms with E-state index in [9.17, 15) is 9.18 Å². The minimum atomic E-state index is -0.415. The van der Waals surface area contributed by atoms with Gasteiger partial charge >= 0.3 is 0 Å². The van der Waals surface area contributed by atoms with E-state index in [0.717, 1.165) is 0 Å². The van der Waals surface area contributed by atoms with E-state index in [4.69, 9.17) is 11.5 Å². The number of halogens is 1. The Labute approximate surface area is 109 Å². The zero-order valence-corrected chi connectivity index (χ0v) is 10.1. The zero-order valence-electron chi connectivity index (χ0n) is 10.1.